The van der Waals surface area contributed by atoms with Crippen LogP contribution in [0.1, 0.15) is 21.6 Å². The van der Waals surface area contributed by atoms with Gasteiger partial charge in [0.25, 0.3) is 17.0 Å². The molecule has 0 aliphatic carbocycles. The van der Waals surface area contributed by atoms with E-state index in [0.717, 1.165) is 6.07 Å². The van der Waals surface area contributed by atoms with Crippen LogP contribution in [0.4, 0.5) is 0 Å². The summed E-state index contributed by atoms with van der Waals surface area (Å²) in [5.74, 6) is -0.786. The van der Waals surface area contributed by atoms with Gasteiger partial charge in [0.05, 0.1) is 23.4 Å². The van der Waals surface area contributed by atoms with Gasteiger partial charge in [-0.3, -0.25) is 23.8 Å². The van der Waals surface area contributed by atoms with Crippen LogP contribution in [0.5, 0.6) is 5.88 Å². The normalized spacial score (nSPS) is 13.7. The minimum atomic E-state index is -0.562. The monoisotopic (exact) mass is 338 g/mol. The molecule has 0 aromatic carbocycles. The zero-order valence-electron chi connectivity index (χ0n) is 13.1. The number of aromatic amines is 1. The maximum absolute atomic E-state index is 12.7. The first kappa shape index (κ1) is 15.1. The summed E-state index contributed by atoms with van der Waals surface area (Å²) in [6.45, 7) is 0.500. The molecule has 8 nitrogen and oxygen atoms in total. The summed E-state index contributed by atoms with van der Waals surface area (Å²) in [7, 11) is 0. The van der Waals surface area contributed by atoms with E-state index in [2.05, 4.69) is 9.97 Å². The maximum Gasteiger partial charge on any atom is 0.263 e. The number of H-pyrrole nitrogens is 1. The van der Waals surface area contributed by atoms with Crippen molar-refractivity contribution in [2.45, 2.75) is 13.0 Å². The average Bonchev–Trinajstić information content (AvgIpc) is 2.60. The first-order valence-electron chi connectivity index (χ1n) is 7.75. The highest BCUT2D eigenvalue weighted by atomic mass is 16.3. The fourth-order valence-electron chi connectivity index (χ4n) is 3.06. The largest absolute Gasteiger partial charge is 0.494 e. The predicted molar refractivity (Wildman–Crippen MR) is 88.6 cm³/mol. The number of amides is 1. The minimum Gasteiger partial charge on any atom is -0.494 e. The number of aromatic hydroxyl groups is 1. The van der Waals surface area contributed by atoms with Crippen LogP contribution >= 0.6 is 0 Å². The Morgan fingerprint density at radius 1 is 1.24 bits per heavy atom. The number of pyridine rings is 2. The molecular weight excluding hydrogens is 324 g/mol. The van der Waals surface area contributed by atoms with Crippen LogP contribution in [0.15, 0.2) is 46.1 Å². The van der Waals surface area contributed by atoms with Crippen molar-refractivity contribution >= 4 is 11.6 Å². The molecule has 0 unspecified atom stereocenters. The molecule has 0 saturated carbocycles. The van der Waals surface area contributed by atoms with Crippen molar-refractivity contribution in [1.82, 2.24) is 19.3 Å². The zero-order chi connectivity index (χ0) is 17.6. The predicted octanol–water partition coefficient (Wildman–Crippen LogP) is 0.287. The fourth-order valence-corrected chi connectivity index (χ4v) is 3.06. The molecule has 0 fully saturated rings. The Bertz CT molecular complexity index is 1120. The van der Waals surface area contributed by atoms with Crippen molar-refractivity contribution in [1.29, 1.82) is 0 Å². The van der Waals surface area contributed by atoms with Gasteiger partial charge < -0.3 is 10.0 Å². The lowest BCUT2D eigenvalue weighted by Crippen LogP contribution is -2.40. The molecule has 0 spiro atoms. The third-order valence-electron chi connectivity index (χ3n) is 4.24. The Hall–Kier alpha value is -3.42. The number of aromatic nitrogens is 3. The second-order valence-corrected chi connectivity index (χ2v) is 5.87. The summed E-state index contributed by atoms with van der Waals surface area (Å²) in [6, 6.07) is 7.64. The van der Waals surface area contributed by atoms with Gasteiger partial charge in [0.2, 0.25) is 0 Å². The number of rotatable bonds is 1. The van der Waals surface area contributed by atoms with Crippen LogP contribution in [0.3, 0.4) is 0 Å². The van der Waals surface area contributed by atoms with Gasteiger partial charge in [-0.2, -0.15) is 0 Å². The molecule has 8 heteroatoms. The fraction of sp³-hybridized carbons (Fsp3) is 0.176. The van der Waals surface area contributed by atoms with Crippen LogP contribution in [-0.4, -0.2) is 36.8 Å². The van der Waals surface area contributed by atoms with E-state index in [0.29, 0.717) is 29.9 Å². The van der Waals surface area contributed by atoms with Crippen molar-refractivity contribution in [2.24, 2.45) is 0 Å². The van der Waals surface area contributed by atoms with Gasteiger partial charge in [-0.15, -0.1) is 0 Å². The number of hydrogen-bond acceptors (Lipinski definition) is 5. The van der Waals surface area contributed by atoms with E-state index >= 15 is 0 Å². The van der Waals surface area contributed by atoms with Crippen LogP contribution in [0, 0.1) is 0 Å². The molecule has 4 heterocycles. The SMILES string of the molecule is O=C(c1cc(O)[nH]c(=O)c1)N1CCc2nc3ccccn3c(=O)c2C1. The highest BCUT2D eigenvalue weighted by molar-refractivity contribution is 5.94. The maximum atomic E-state index is 12.7. The van der Waals surface area contributed by atoms with Gasteiger partial charge in [-0.25, -0.2) is 4.98 Å². The molecule has 0 radical (unpaired) electrons. The van der Waals surface area contributed by atoms with Crippen LogP contribution in [-0.2, 0) is 13.0 Å². The van der Waals surface area contributed by atoms with Crippen molar-refractivity contribution in [3.05, 3.63) is 74.1 Å². The van der Waals surface area contributed by atoms with Crippen LogP contribution < -0.4 is 11.1 Å². The number of fused-ring (bicyclic) bond motifs is 2. The Labute approximate surface area is 141 Å². The van der Waals surface area contributed by atoms with Crippen LogP contribution in [0.25, 0.3) is 5.65 Å². The molecule has 1 aliphatic rings. The molecule has 0 saturated heterocycles. The van der Waals surface area contributed by atoms with E-state index in [-0.39, 0.29) is 23.5 Å². The molecule has 0 atom stereocenters. The van der Waals surface area contributed by atoms with E-state index in [1.165, 1.54) is 15.4 Å². The van der Waals surface area contributed by atoms with Crippen LogP contribution in [0.2, 0.25) is 0 Å². The first-order valence-corrected chi connectivity index (χ1v) is 7.75. The summed E-state index contributed by atoms with van der Waals surface area (Å²) >= 11 is 0. The second kappa shape index (κ2) is 5.59. The third-order valence-corrected chi connectivity index (χ3v) is 4.24. The average molecular weight is 338 g/mol. The van der Waals surface area contributed by atoms with Crippen molar-refractivity contribution in [3.63, 3.8) is 0 Å². The molecule has 25 heavy (non-hydrogen) atoms. The topological polar surface area (TPSA) is 108 Å². The van der Waals surface area contributed by atoms with E-state index in [9.17, 15) is 19.5 Å². The molecule has 2 N–H and O–H groups in total. The minimum absolute atomic E-state index is 0.0820. The molecule has 0 bridgehead atoms. The number of carbonyl (C=O) groups excluding carboxylic acids is 1. The zero-order valence-corrected chi connectivity index (χ0v) is 13.1. The highest BCUT2D eigenvalue weighted by Gasteiger charge is 2.26. The van der Waals surface area contributed by atoms with E-state index in [1.54, 1.807) is 18.3 Å². The van der Waals surface area contributed by atoms with Crippen molar-refractivity contribution < 1.29 is 9.90 Å². The summed E-state index contributed by atoms with van der Waals surface area (Å²) in [5.41, 5.74) is 1.05. The van der Waals surface area contributed by atoms with E-state index < -0.39 is 11.5 Å². The Kier molecular flexibility index (Phi) is 3.38. The van der Waals surface area contributed by atoms with Gasteiger partial charge in [0.15, 0.2) is 5.88 Å². The third kappa shape index (κ3) is 2.57. The smallest absolute Gasteiger partial charge is 0.263 e. The lowest BCUT2D eigenvalue weighted by atomic mass is 10.1. The lowest BCUT2D eigenvalue weighted by Gasteiger charge is -2.28. The molecule has 126 valence electrons. The van der Waals surface area contributed by atoms with Crippen molar-refractivity contribution in [2.75, 3.05) is 6.54 Å². The second-order valence-electron chi connectivity index (χ2n) is 5.87. The first-order chi connectivity index (χ1) is 12.0. The van der Waals surface area contributed by atoms with Gasteiger partial charge in [0, 0.05) is 31.3 Å². The number of carbonyl (C=O) groups is 1. The van der Waals surface area contributed by atoms with E-state index in [4.69, 9.17) is 0 Å². The van der Waals surface area contributed by atoms with Crippen molar-refractivity contribution in [3.8, 4) is 5.88 Å². The lowest BCUT2D eigenvalue weighted by molar-refractivity contribution is 0.0732. The summed E-state index contributed by atoms with van der Waals surface area (Å²) < 4.78 is 1.45. The molecular formula is C17H14N4O4. The Balaban J connectivity index is 1.73. The quantitative estimate of drug-likeness (QED) is 0.663. The van der Waals surface area contributed by atoms with Gasteiger partial charge in [0.1, 0.15) is 5.65 Å². The summed E-state index contributed by atoms with van der Waals surface area (Å²) in [6.07, 6.45) is 2.09. The number of nitrogens with one attached hydrogen (secondary N) is 1. The Morgan fingerprint density at radius 2 is 2.08 bits per heavy atom. The highest BCUT2D eigenvalue weighted by Crippen LogP contribution is 2.18. The number of hydrogen-bond donors (Lipinski definition) is 2. The Morgan fingerprint density at radius 3 is 2.88 bits per heavy atom. The van der Waals surface area contributed by atoms with Gasteiger partial charge in [-0.1, -0.05) is 6.07 Å². The van der Waals surface area contributed by atoms with Gasteiger partial charge >= 0.3 is 0 Å². The molecule has 4 rings (SSSR count). The summed E-state index contributed by atoms with van der Waals surface area (Å²) in [4.78, 5) is 44.9. The molecule has 3 aromatic rings. The standard InChI is InChI=1S/C17H14N4O4/c22-14-7-10(8-15(23)19-14)16(24)20-6-4-12-11(9-20)17(25)21-5-2-1-3-13(21)18-12/h1-3,5,7-8H,4,6,9H2,(H2,19,22,23). The number of nitrogens with zero attached hydrogens (tertiary/aromatic N) is 3. The van der Waals surface area contributed by atoms with Gasteiger partial charge in [-0.05, 0) is 12.1 Å². The molecule has 1 aliphatic heterocycles. The summed E-state index contributed by atoms with van der Waals surface area (Å²) in [5, 5.41) is 9.47. The molecule has 3 aromatic heterocycles. The van der Waals surface area contributed by atoms with E-state index in [1.807, 2.05) is 6.07 Å². The molecule has 1 amide bonds.